The summed E-state index contributed by atoms with van der Waals surface area (Å²) in [6.45, 7) is 36.7. The zero-order valence-corrected chi connectivity index (χ0v) is 42.5. The molecule has 0 amide bonds. The van der Waals surface area contributed by atoms with E-state index in [0.717, 1.165) is 26.2 Å². The molecule has 0 saturated carbocycles. The molecule has 0 aromatic carbocycles. The predicted molar refractivity (Wildman–Crippen MR) is 227 cm³/mol. The van der Waals surface area contributed by atoms with Crippen LogP contribution in [0.25, 0.3) is 19.9 Å². The van der Waals surface area contributed by atoms with Crippen molar-refractivity contribution in [2.24, 2.45) is 0 Å². The van der Waals surface area contributed by atoms with Crippen LogP contribution in [0.3, 0.4) is 0 Å². The number of nitrogens with one attached hydrogen (secondary N) is 4. The van der Waals surface area contributed by atoms with Crippen molar-refractivity contribution in [3.05, 3.63) is 19.9 Å². The van der Waals surface area contributed by atoms with E-state index in [1.54, 1.807) is 0 Å². The van der Waals surface area contributed by atoms with Gasteiger partial charge in [-0.05, 0) is 25.7 Å². The van der Waals surface area contributed by atoms with Gasteiger partial charge in [-0.2, -0.15) is 0 Å². The second-order valence-corrected chi connectivity index (χ2v) is 36.1. The van der Waals surface area contributed by atoms with Crippen molar-refractivity contribution in [3.63, 3.8) is 0 Å². The Bertz CT molecular complexity index is 503. The van der Waals surface area contributed by atoms with Crippen LogP contribution in [0.5, 0.6) is 0 Å². The Hall–Kier alpha value is 2.08. The molecule has 14 heteroatoms. The van der Waals surface area contributed by atoms with Crippen LogP contribution < -0.4 is 19.6 Å². The average molecular weight is 746 g/mol. The van der Waals surface area contributed by atoms with Gasteiger partial charge in [0.25, 0.3) is 0 Å². The zero-order valence-electron chi connectivity index (χ0n) is 35.7. The Morgan fingerprint density at radius 2 is 0.435 bits per heavy atom. The Kier molecular flexibility index (Phi) is 44.7. The molecule has 46 heavy (non-hydrogen) atoms. The summed E-state index contributed by atoms with van der Waals surface area (Å²) in [6.07, 6.45) is 4.97. The summed E-state index contributed by atoms with van der Waals surface area (Å²) in [7, 11) is 13.1. The standard InChI is InChI=1S/4C8H21N2Si.2Mg/c4*1-10(2)8-6-7-9-11(3,4)5;;/h4*6-8H2,1-5H3;;/q4*-1;2*+2/p+4. The first kappa shape index (κ1) is 60.2. The van der Waals surface area contributed by atoms with Gasteiger partial charge in [0.15, 0.2) is 0 Å². The van der Waals surface area contributed by atoms with Crippen molar-refractivity contribution in [1.29, 1.82) is 0 Å². The molecule has 0 radical (unpaired) electrons. The zero-order chi connectivity index (χ0) is 35.6. The van der Waals surface area contributed by atoms with E-state index in [0.29, 0.717) is 0 Å². The molecule has 0 spiro atoms. The molecule has 0 aliphatic rings. The summed E-state index contributed by atoms with van der Waals surface area (Å²) in [5, 5.41) is 0. The largest absolute Gasteiger partial charge is 2.00 e. The monoisotopic (exact) mass is 745 g/mol. The average Bonchev–Trinajstić information content (AvgIpc) is 2.79. The fraction of sp³-hybridized carbons (Fsp3) is 1.00. The maximum Gasteiger partial charge on any atom is 2.00 e. The third-order valence-electron chi connectivity index (χ3n) is 5.68. The molecule has 0 rings (SSSR count). The van der Waals surface area contributed by atoms with Crippen molar-refractivity contribution in [1.82, 2.24) is 0 Å². The minimum absolute atomic E-state index is 0. The molecule has 272 valence electrons. The van der Waals surface area contributed by atoms with Crippen LogP contribution in [-0.2, 0) is 0 Å². The molecule has 0 aromatic rings. The first-order valence-corrected chi connectivity index (χ1v) is 31.4. The first-order chi connectivity index (χ1) is 19.7. The van der Waals surface area contributed by atoms with E-state index in [9.17, 15) is 0 Å². The van der Waals surface area contributed by atoms with Crippen molar-refractivity contribution >= 4 is 79.0 Å². The van der Waals surface area contributed by atoms with Gasteiger partial charge in [-0.15, -0.1) is 26.2 Å². The van der Waals surface area contributed by atoms with Gasteiger partial charge in [-0.1, -0.05) is 112 Å². The Balaban J connectivity index is -0.000000114. The minimum atomic E-state index is -1.11. The maximum absolute atomic E-state index is 4.65. The Labute approximate surface area is 329 Å². The second-order valence-electron chi connectivity index (χ2n) is 17.5. The molecule has 0 bridgehead atoms. The third-order valence-corrected chi connectivity index (χ3v) is 10.4. The quantitative estimate of drug-likeness (QED) is 0.109. The minimum Gasteiger partial charge on any atom is -0.665 e. The molecule has 4 N–H and O–H groups in total. The van der Waals surface area contributed by atoms with Gasteiger partial charge in [0.1, 0.15) is 0 Å². The van der Waals surface area contributed by atoms with Crippen molar-refractivity contribution in [2.75, 3.05) is 109 Å². The molecule has 8 nitrogen and oxygen atoms in total. The van der Waals surface area contributed by atoms with Crippen molar-refractivity contribution < 1.29 is 19.6 Å². The number of hydrogen-bond acceptors (Lipinski definition) is 0. The van der Waals surface area contributed by atoms with Crippen LogP contribution in [0.1, 0.15) is 25.7 Å². The van der Waals surface area contributed by atoms with Gasteiger partial charge in [0.2, 0.25) is 0 Å². The number of hydrogen-bond donors (Lipinski definition) is 4. The molecule has 0 aliphatic heterocycles. The van der Waals surface area contributed by atoms with Gasteiger partial charge in [-0.25, -0.2) is 0 Å². The van der Waals surface area contributed by atoms with Crippen LogP contribution in [0.4, 0.5) is 0 Å². The van der Waals surface area contributed by atoms with Crippen LogP contribution >= 0.6 is 0 Å². The van der Waals surface area contributed by atoms with E-state index in [1.807, 2.05) is 0 Å². The molecule has 0 saturated heterocycles. The number of quaternary nitrogens is 4. The fourth-order valence-corrected chi connectivity index (χ4v) is 6.70. The molecule has 0 heterocycles. The molecule has 0 unspecified atom stereocenters. The SMILES string of the molecule is C[NH+](C)CCC[N-][Si](C)(C)C.C[NH+](C)CCC[N-][Si](C)(C)C.C[NH+](C)CCC[N-][Si](C)(C)C.C[NH+](C)CCC[N-][Si](C)(C)C.[Mg+2].[Mg+2]. The summed E-state index contributed by atoms with van der Waals surface area (Å²) in [4.78, 5) is 24.7. The van der Waals surface area contributed by atoms with Gasteiger partial charge in [0, 0.05) is 0 Å². The van der Waals surface area contributed by atoms with Gasteiger partial charge >= 0.3 is 46.1 Å². The van der Waals surface area contributed by atoms with Crippen LogP contribution in [0.2, 0.25) is 78.6 Å². The summed E-state index contributed by atoms with van der Waals surface area (Å²) < 4.78 is 0. The van der Waals surface area contributed by atoms with E-state index in [1.165, 1.54) is 71.5 Å². The van der Waals surface area contributed by atoms with E-state index < -0.39 is 32.9 Å². The molecular weight excluding hydrogens is 657 g/mol. The van der Waals surface area contributed by atoms with E-state index in [4.69, 9.17) is 0 Å². The summed E-state index contributed by atoms with van der Waals surface area (Å²) in [5.74, 6) is 0. The number of nitrogens with zero attached hydrogens (tertiary/aromatic N) is 4. The van der Waals surface area contributed by atoms with Gasteiger partial charge < -0.3 is 39.5 Å². The van der Waals surface area contributed by atoms with E-state index in [2.05, 4.69) is 155 Å². The molecule has 0 atom stereocenters. The molecule has 0 fully saturated rings. The normalized spacial score (nSPS) is 12.0. The van der Waals surface area contributed by atoms with E-state index in [-0.39, 0.29) is 46.1 Å². The summed E-state index contributed by atoms with van der Waals surface area (Å²) in [6, 6.07) is 0. The van der Waals surface area contributed by atoms with Crippen LogP contribution in [0, 0.1) is 0 Å². The third kappa shape index (κ3) is 80.6. The summed E-state index contributed by atoms with van der Waals surface area (Å²) >= 11 is 0. The van der Waals surface area contributed by atoms with Gasteiger partial charge in [-0.3, -0.25) is 0 Å². The Morgan fingerprint density at radius 3 is 0.522 bits per heavy atom. The topological polar surface area (TPSA) is 74.2 Å². The predicted octanol–water partition coefficient (Wildman–Crippen LogP) is 2.16. The maximum atomic E-state index is 4.65. The van der Waals surface area contributed by atoms with Gasteiger partial charge in [0.05, 0.1) is 82.6 Å². The molecule has 0 aromatic heterocycles. The summed E-state index contributed by atoms with van der Waals surface area (Å²) in [5.41, 5.74) is 0. The second kappa shape index (κ2) is 34.2. The smallest absolute Gasteiger partial charge is 0.665 e. The van der Waals surface area contributed by atoms with Crippen molar-refractivity contribution in [3.8, 4) is 0 Å². The molecular formula is C32H88Mg2N8Si4+4. The number of rotatable bonds is 20. The Morgan fingerprint density at radius 1 is 0.304 bits per heavy atom. The first-order valence-electron chi connectivity index (χ1n) is 17.6. The van der Waals surface area contributed by atoms with Crippen LogP contribution in [0.15, 0.2) is 0 Å². The van der Waals surface area contributed by atoms with Crippen LogP contribution in [-0.4, -0.2) is 188 Å². The van der Waals surface area contributed by atoms with Crippen molar-refractivity contribution in [2.45, 2.75) is 104 Å². The van der Waals surface area contributed by atoms with E-state index >= 15 is 0 Å². The fourth-order valence-electron chi connectivity index (χ4n) is 3.39. The molecule has 0 aliphatic carbocycles.